The Bertz CT molecular complexity index is 510. The van der Waals surface area contributed by atoms with Crippen LogP contribution in [-0.2, 0) is 11.3 Å². The predicted molar refractivity (Wildman–Crippen MR) is 86.6 cm³/mol. The van der Waals surface area contributed by atoms with E-state index < -0.39 is 5.60 Å². The van der Waals surface area contributed by atoms with Crippen LogP contribution in [0, 0.1) is 0 Å². The average Bonchev–Trinajstić information content (AvgIpc) is 2.70. The van der Waals surface area contributed by atoms with Gasteiger partial charge in [-0.1, -0.05) is 30.3 Å². The number of hydrogen-bond donors (Lipinski definition) is 0. The first kappa shape index (κ1) is 15.3. The van der Waals surface area contributed by atoms with Gasteiger partial charge in [0.2, 0.25) is 0 Å². The predicted octanol–water partition coefficient (Wildman–Crippen LogP) is 3.27. The zero-order valence-electron chi connectivity index (χ0n) is 13.8. The maximum absolute atomic E-state index is 12.4. The van der Waals surface area contributed by atoms with Gasteiger partial charge in [0.1, 0.15) is 5.60 Å². The average molecular weight is 302 g/mol. The largest absolute Gasteiger partial charge is 0.444 e. The third kappa shape index (κ3) is 3.43. The number of ether oxygens (including phenoxy) is 1. The Morgan fingerprint density at radius 3 is 2.27 bits per heavy atom. The number of carbonyl (C=O) groups excluding carboxylic acids is 1. The van der Waals surface area contributed by atoms with Crippen LogP contribution in [0.15, 0.2) is 30.3 Å². The normalized spacial score (nSPS) is 25.3. The summed E-state index contributed by atoms with van der Waals surface area (Å²) < 4.78 is 5.58. The summed E-state index contributed by atoms with van der Waals surface area (Å²) in [5.74, 6) is 0. The van der Waals surface area contributed by atoms with Crippen LogP contribution in [0.4, 0.5) is 4.79 Å². The summed E-state index contributed by atoms with van der Waals surface area (Å²) in [5, 5.41) is 0. The summed E-state index contributed by atoms with van der Waals surface area (Å²) in [6, 6.07) is 11.2. The van der Waals surface area contributed by atoms with Gasteiger partial charge in [0, 0.05) is 31.7 Å². The Morgan fingerprint density at radius 2 is 1.73 bits per heavy atom. The monoisotopic (exact) mass is 302 g/mol. The highest BCUT2D eigenvalue weighted by Gasteiger charge is 2.44. The van der Waals surface area contributed by atoms with E-state index in [1.807, 2.05) is 31.7 Å². The lowest BCUT2D eigenvalue weighted by Crippen LogP contribution is -2.56. The molecule has 0 radical (unpaired) electrons. The molecule has 120 valence electrons. The molecule has 2 atom stereocenters. The molecule has 2 aliphatic heterocycles. The second-order valence-electron chi connectivity index (χ2n) is 7.45. The molecule has 22 heavy (non-hydrogen) atoms. The van der Waals surface area contributed by atoms with E-state index in [2.05, 4.69) is 29.2 Å². The fourth-order valence-corrected chi connectivity index (χ4v) is 3.57. The van der Waals surface area contributed by atoms with Gasteiger partial charge < -0.3 is 4.74 Å². The fourth-order valence-electron chi connectivity index (χ4n) is 3.57. The van der Waals surface area contributed by atoms with Crippen molar-refractivity contribution in [3.63, 3.8) is 0 Å². The fraction of sp³-hybridized carbons (Fsp3) is 0.611. The smallest absolute Gasteiger partial charge is 0.410 e. The van der Waals surface area contributed by atoms with Crippen LogP contribution < -0.4 is 0 Å². The lowest BCUT2D eigenvalue weighted by Gasteiger charge is -2.41. The Kier molecular flexibility index (Phi) is 4.13. The Morgan fingerprint density at radius 1 is 1.14 bits per heavy atom. The van der Waals surface area contributed by atoms with E-state index in [0.717, 1.165) is 32.5 Å². The SMILES string of the molecule is CC(C)(C)OC(=O)N1[C@@H]2CC[C@H]1CN(Cc1ccccc1)C2. The zero-order valence-corrected chi connectivity index (χ0v) is 13.8. The molecule has 0 spiro atoms. The highest BCUT2D eigenvalue weighted by molar-refractivity contribution is 5.69. The van der Waals surface area contributed by atoms with Gasteiger partial charge in [-0.05, 0) is 39.2 Å². The lowest BCUT2D eigenvalue weighted by atomic mass is 10.1. The molecule has 0 unspecified atom stereocenters. The van der Waals surface area contributed by atoms with Gasteiger partial charge in [0.15, 0.2) is 0 Å². The van der Waals surface area contributed by atoms with Gasteiger partial charge in [-0.15, -0.1) is 0 Å². The number of benzene rings is 1. The highest BCUT2D eigenvalue weighted by Crippen LogP contribution is 2.32. The minimum absolute atomic E-state index is 0.139. The molecule has 3 rings (SSSR count). The minimum atomic E-state index is -0.419. The molecular formula is C18H26N2O2. The number of piperazine rings is 1. The van der Waals surface area contributed by atoms with Crippen molar-refractivity contribution in [1.29, 1.82) is 0 Å². The molecule has 4 heteroatoms. The number of likely N-dealkylation sites (tertiary alicyclic amines) is 1. The molecule has 0 aliphatic carbocycles. The summed E-state index contributed by atoms with van der Waals surface area (Å²) >= 11 is 0. The summed E-state index contributed by atoms with van der Waals surface area (Å²) in [7, 11) is 0. The molecule has 2 saturated heterocycles. The standard InChI is InChI=1S/C18H26N2O2/c1-18(2,3)22-17(21)20-15-9-10-16(20)13-19(12-15)11-14-7-5-4-6-8-14/h4-8,15-16H,9-13H2,1-3H3/t15-,16+. The molecule has 0 saturated carbocycles. The molecule has 2 fully saturated rings. The van der Waals surface area contributed by atoms with Crippen molar-refractivity contribution in [3.05, 3.63) is 35.9 Å². The maximum atomic E-state index is 12.4. The van der Waals surface area contributed by atoms with Gasteiger partial charge >= 0.3 is 6.09 Å². The first-order valence-electron chi connectivity index (χ1n) is 8.20. The molecule has 2 aliphatic rings. The zero-order chi connectivity index (χ0) is 15.7. The van der Waals surface area contributed by atoms with Gasteiger partial charge in [-0.25, -0.2) is 4.79 Å². The van der Waals surface area contributed by atoms with Crippen molar-refractivity contribution in [3.8, 4) is 0 Å². The van der Waals surface area contributed by atoms with Crippen molar-refractivity contribution < 1.29 is 9.53 Å². The Labute approximate surface area is 133 Å². The number of amides is 1. The van der Waals surface area contributed by atoms with E-state index in [1.165, 1.54) is 5.56 Å². The molecule has 2 heterocycles. The van der Waals surface area contributed by atoms with Gasteiger partial charge in [-0.3, -0.25) is 9.80 Å². The molecule has 2 bridgehead atoms. The second kappa shape index (κ2) is 5.92. The van der Waals surface area contributed by atoms with Gasteiger partial charge in [0.05, 0.1) is 0 Å². The van der Waals surface area contributed by atoms with Crippen LogP contribution in [0.1, 0.15) is 39.2 Å². The van der Waals surface area contributed by atoms with Crippen LogP contribution >= 0.6 is 0 Å². The van der Waals surface area contributed by atoms with Crippen molar-refractivity contribution in [2.75, 3.05) is 13.1 Å². The van der Waals surface area contributed by atoms with E-state index in [9.17, 15) is 4.79 Å². The lowest BCUT2D eigenvalue weighted by molar-refractivity contribution is -0.00541. The number of hydrogen-bond acceptors (Lipinski definition) is 3. The van der Waals surface area contributed by atoms with E-state index in [4.69, 9.17) is 4.74 Å². The molecule has 1 amide bonds. The topological polar surface area (TPSA) is 32.8 Å². The van der Waals surface area contributed by atoms with E-state index in [-0.39, 0.29) is 6.09 Å². The molecule has 1 aromatic carbocycles. The van der Waals surface area contributed by atoms with Crippen molar-refractivity contribution in [2.24, 2.45) is 0 Å². The third-order valence-electron chi connectivity index (χ3n) is 4.41. The highest BCUT2D eigenvalue weighted by atomic mass is 16.6. The number of fused-ring (bicyclic) bond motifs is 2. The molecule has 4 nitrogen and oxygen atoms in total. The Balaban J connectivity index is 1.63. The number of carbonyl (C=O) groups is 1. The van der Waals surface area contributed by atoms with Crippen molar-refractivity contribution in [2.45, 2.75) is 57.8 Å². The second-order valence-corrected chi connectivity index (χ2v) is 7.45. The third-order valence-corrected chi connectivity index (χ3v) is 4.41. The number of nitrogens with zero attached hydrogens (tertiary/aromatic N) is 2. The first-order valence-corrected chi connectivity index (χ1v) is 8.20. The van der Waals surface area contributed by atoms with Crippen LogP contribution in [0.5, 0.6) is 0 Å². The summed E-state index contributed by atoms with van der Waals surface area (Å²) in [5.41, 5.74) is 0.921. The summed E-state index contributed by atoms with van der Waals surface area (Å²) in [4.78, 5) is 16.9. The van der Waals surface area contributed by atoms with Crippen LogP contribution in [0.25, 0.3) is 0 Å². The first-order chi connectivity index (χ1) is 10.4. The maximum Gasteiger partial charge on any atom is 0.410 e. The van der Waals surface area contributed by atoms with Crippen LogP contribution in [-0.4, -0.2) is 46.7 Å². The van der Waals surface area contributed by atoms with E-state index >= 15 is 0 Å². The van der Waals surface area contributed by atoms with Crippen molar-refractivity contribution >= 4 is 6.09 Å². The number of rotatable bonds is 2. The van der Waals surface area contributed by atoms with Gasteiger partial charge in [0.25, 0.3) is 0 Å². The molecular weight excluding hydrogens is 276 g/mol. The van der Waals surface area contributed by atoms with Crippen molar-refractivity contribution in [1.82, 2.24) is 9.80 Å². The van der Waals surface area contributed by atoms with Crippen LogP contribution in [0.3, 0.4) is 0 Å². The minimum Gasteiger partial charge on any atom is -0.444 e. The van der Waals surface area contributed by atoms with Gasteiger partial charge in [-0.2, -0.15) is 0 Å². The summed E-state index contributed by atoms with van der Waals surface area (Å²) in [6.07, 6.45) is 2.05. The van der Waals surface area contributed by atoms with E-state index in [1.54, 1.807) is 0 Å². The van der Waals surface area contributed by atoms with E-state index in [0.29, 0.717) is 12.1 Å². The van der Waals surface area contributed by atoms with Crippen LogP contribution in [0.2, 0.25) is 0 Å². The molecule has 0 aromatic heterocycles. The summed E-state index contributed by atoms with van der Waals surface area (Å²) in [6.45, 7) is 8.65. The quantitative estimate of drug-likeness (QED) is 0.840. The molecule has 0 N–H and O–H groups in total. The molecule has 1 aromatic rings. The Hall–Kier alpha value is -1.55.